The van der Waals surface area contributed by atoms with Gasteiger partial charge in [0, 0.05) is 13.0 Å². The zero-order valence-electron chi connectivity index (χ0n) is 13.7. The van der Waals surface area contributed by atoms with Gasteiger partial charge in [-0.3, -0.25) is 4.68 Å². The van der Waals surface area contributed by atoms with Gasteiger partial charge in [-0.25, -0.2) is 0 Å². The molecule has 0 bridgehead atoms. The molecule has 1 N–H and O–H groups in total. The Balaban J connectivity index is 2.18. The molecule has 120 valence electrons. The van der Waals surface area contributed by atoms with Crippen LogP contribution in [0.5, 0.6) is 0 Å². The van der Waals surface area contributed by atoms with Crippen molar-refractivity contribution >= 4 is 15.9 Å². The minimum absolute atomic E-state index is 0.551. The molecule has 2 atom stereocenters. The maximum Gasteiger partial charge on any atom is 0.0766 e. The monoisotopic (exact) mass is 356 g/mol. The van der Waals surface area contributed by atoms with Crippen molar-refractivity contribution in [3.63, 3.8) is 0 Å². The number of aromatic nitrogens is 2. The molecule has 0 spiro atoms. The van der Waals surface area contributed by atoms with Crippen LogP contribution in [0.1, 0.15) is 70.7 Å². The molecule has 21 heavy (non-hydrogen) atoms. The second-order valence-corrected chi connectivity index (χ2v) is 7.28. The van der Waals surface area contributed by atoms with Gasteiger partial charge in [0.15, 0.2) is 0 Å². The average molecular weight is 357 g/mol. The Morgan fingerprint density at radius 3 is 2.67 bits per heavy atom. The lowest BCUT2D eigenvalue weighted by Gasteiger charge is -2.27. The third-order valence-corrected chi connectivity index (χ3v) is 5.96. The van der Waals surface area contributed by atoms with E-state index in [-0.39, 0.29) is 0 Å². The highest BCUT2D eigenvalue weighted by molar-refractivity contribution is 9.10. The Kier molecular flexibility index (Phi) is 5.89. The molecule has 1 heterocycles. The smallest absolute Gasteiger partial charge is 0.0766 e. The van der Waals surface area contributed by atoms with Gasteiger partial charge in [-0.1, -0.05) is 33.1 Å². The third-order valence-electron chi connectivity index (χ3n) is 5.04. The number of hydrogen-bond acceptors (Lipinski definition) is 2. The van der Waals surface area contributed by atoms with Crippen molar-refractivity contribution in [2.24, 2.45) is 5.92 Å². The molecule has 0 radical (unpaired) electrons. The minimum atomic E-state index is -0.551. The van der Waals surface area contributed by atoms with Gasteiger partial charge in [0.2, 0.25) is 0 Å². The Labute approximate surface area is 137 Å². The molecule has 4 heteroatoms. The van der Waals surface area contributed by atoms with Gasteiger partial charge in [0.25, 0.3) is 0 Å². The van der Waals surface area contributed by atoms with Crippen molar-refractivity contribution in [3.05, 3.63) is 15.9 Å². The summed E-state index contributed by atoms with van der Waals surface area (Å²) in [7, 11) is 0. The van der Waals surface area contributed by atoms with E-state index >= 15 is 0 Å². The Bertz CT molecular complexity index is 472. The van der Waals surface area contributed by atoms with Gasteiger partial charge >= 0.3 is 0 Å². The summed E-state index contributed by atoms with van der Waals surface area (Å²) in [5, 5.41) is 15.7. The van der Waals surface area contributed by atoms with Crippen LogP contribution in [-0.4, -0.2) is 20.5 Å². The van der Waals surface area contributed by atoms with E-state index in [4.69, 9.17) is 0 Å². The number of hydrogen-bond donors (Lipinski definition) is 1. The van der Waals surface area contributed by atoms with Gasteiger partial charge in [-0.15, -0.1) is 0 Å². The molecule has 0 saturated heterocycles. The van der Waals surface area contributed by atoms with E-state index in [1.165, 1.54) is 18.5 Å². The van der Waals surface area contributed by atoms with Crippen molar-refractivity contribution in [2.75, 3.05) is 0 Å². The lowest BCUT2D eigenvalue weighted by atomic mass is 9.88. The lowest BCUT2D eigenvalue weighted by molar-refractivity contribution is 0.0221. The molecule has 1 saturated carbocycles. The molecule has 1 aliphatic rings. The maximum atomic E-state index is 11.1. The number of aliphatic hydroxyl groups is 1. The van der Waals surface area contributed by atoms with Gasteiger partial charge in [-0.05, 0) is 54.5 Å². The van der Waals surface area contributed by atoms with E-state index in [9.17, 15) is 5.11 Å². The van der Waals surface area contributed by atoms with E-state index in [1.54, 1.807) is 0 Å². The van der Waals surface area contributed by atoms with E-state index in [0.29, 0.717) is 0 Å². The molecule has 0 aliphatic heterocycles. The summed E-state index contributed by atoms with van der Waals surface area (Å²) in [4.78, 5) is 0. The zero-order valence-corrected chi connectivity index (χ0v) is 15.2. The quantitative estimate of drug-likeness (QED) is 0.789. The van der Waals surface area contributed by atoms with E-state index in [0.717, 1.165) is 61.2 Å². The van der Waals surface area contributed by atoms with E-state index in [2.05, 4.69) is 46.5 Å². The highest BCUT2D eigenvalue weighted by Gasteiger charge is 2.33. The van der Waals surface area contributed by atoms with Crippen LogP contribution in [-0.2, 0) is 19.4 Å². The van der Waals surface area contributed by atoms with Crippen LogP contribution < -0.4 is 0 Å². The summed E-state index contributed by atoms with van der Waals surface area (Å²) in [6.45, 7) is 7.38. The normalized spacial score (nSPS) is 26.8. The summed E-state index contributed by atoms with van der Waals surface area (Å²) in [6, 6.07) is 0. The van der Waals surface area contributed by atoms with E-state index in [1.807, 2.05) is 0 Å². The summed E-state index contributed by atoms with van der Waals surface area (Å²) in [6.07, 6.45) is 8.32. The highest BCUT2D eigenvalue weighted by Crippen LogP contribution is 2.36. The number of nitrogens with zero attached hydrogens (tertiary/aromatic N) is 2. The fraction of sp³-hybridized carbons (Fsp3) is 0.824. The number of aryl methyl sites for hydroxylation is 2. The number of halogens is 1. The molecule has 3 nitrogen and oxygen atoms in total. The molecule has 1 aliphatic carbocycles. The van der Waals surface area contributed by atoms with Crippen molar-refractivity contribution < 1.29 is 5.11 Å². The molecular formula is C17H29BrN2O. The maximum absolute atomic E-state index is 11.1. The highest BCUT2D eigenvalue weighted by atomic mass is 79.9. The lowest BCUT2D eigenvalue weighted by Crippen LogP contribution is -2.32. The third kappa shape index (κ3) is 3.89. The van der Waals surface area contributed by atoms with Crippen molar-refractivity contribution in [3.8, 4) is 0 Å². The molecule has 1 aromatic heterocycles. The summed E-state index contributed by atoms with van der Waals surface area (Å²) in [5.41, 5.74) is 1.73. The zero-order chi connectivity index (χ0) is 15.5. The second-order valence-electron chi connectivity index (χ2n) is 6.48. The molecule has 2 unspecified atom stereocenters. The second kappa shape index (κ2) is 7.28. The summed E-state index contributed by atoms with van der Waals surface area (Å²) < 4.78 is 3.17. The predicted molar refractivity (Wildman–Crippen MR) is 90.5 cm³/mol. The Morgan fingerprint density at radius 2 is 2.05 bits per heavy atom. The van der Waals surface area contributed by atoms with Gasteiger partial charge in [0.05, 0.1) is 21.5 Å². The molecule has 2 rings (SSSR count). The van der Waals surface area contributed by atoms with E-state index < -0.39 is 5.60 Å². The fourth-order valence-electron chi connectivity index (χ4n) is 3.54. The SMILES string of the molecule is CCc1nn(CC)c(CC2(O)CCCC(CC)CC2)c1Br. The first-order chi connectivity index (χ1) is 10.0. The van der Waals surface area contributed by atoms with Crippen LogP contribution in [0.4, 0.5) is 0 Å². The minimum Gasteiger partial charge on any atom is -0.389 e. The van der Waals surface area contributed by atoms with Gasteiger partial charge < -0.3 is 5.11 Å². The largest absolute Gasteiger partial charge is 0.389 e. The Hall–Kier alpha value is -0.350. The first-order valence-electron chi connectivity index (χ1n) is 8.49. The predicted octanol–water partition coefficient (Wildman–Crippen LogP) is 4.49. The van der Waals surface area contributed by atoms with Crippen LogP contribution in [0.25, 0.3) is 0 Å². The first-order valence-corrected chi connectivity index (χ1v) is 9.28. The first kappa shape index (κ1) is 17.0. The summed E-state index contributed by atoms with van der Waals surface area (Å²) >= 11 is 3.70. The molecule has 0 aromatic carbocycles. The van der Waals surface area contributed by atoms with Crippen molar-refractivity contribution in [1.82, 2.24) is 9.78 Å². The standard InChI is InChI=1S/C17H29BrN2O/c1-4-13-8-7-10-17(21,11-9-13)12-15-16(18)14(5-2)19-20(15)6-3/h13,21H,4-12H2,1-3H3. The fourth-order valence-corrected chi connectivity index (χ4v) is 4.25. The van der Waals surface area contributed by atoms with Crippen LogP contribution in [0, 0.1) is 5.92 Å². The topological polar surface area (TPSA) is 38.0 Å². The van der Waals surface area contributed by atoms with Crippen LogP contribution in [0.3, 0.4) is 0 Å². The van der Waals surface area contributed by atoms with Crippen molar-refractivity contribution in [2.45, 2.75) is 84.3 Å². The van der Waals surface area contributed by atoms with Crippen molar-refractivity contribution in [1.29, 1.82) is 0 Å². The Morgan fingerprint density at radius 1 is 1.29 bits per heavy atom. The number of rotatable bonds is 5. The van der Waals surface area contributed by atoms with Crippen LogP contribution >= 0.6 is 15.9 Å². The average Bonchev–Trinajstić information content (AvgIpc) is 2.66. The van der Waals surface area contributed by atoms with Crippen LogP contribution in [0.2, 0.25) is 0 Å². The summed E-state index contributed by atoms with van der Waals surface area (Å²) in [5.74, 6) is 0.796. The van der Waals surface area contributed by atoms with Gasteiger partial charge in [-0.2, -0.15) is 5.10 Å². The van der Waals surface area contributed by atoms with Gasteiger partial charge in [0.1, 0.15) is 0 Å². The molecule has 1 aromatic rings. The molecular weight excluding hydrogens is 328 g/mol. The van der Waals surface area contributed by atoms with Crippen LogP contribution in [0.15, 0.2) is 4.47 Å². The molecule has 0 amide bonds. The molecule has 1 fully saturated rings.